The molecular weight excluding hydrogens is 260 g/mol. The van der Waals surface area contributed by atoms with Crippen molar-refractivity contribution in [2.45, 2.75) is 51.7 Å². The number of hydrogen-bond acceptors (Lipinski definition) is 4. The highest BCUT2D eigenvalue weighted by molar-refractivity contribution is 5.42. The lowest BCUT2D eigenvalue weighted by Gasteiger charge is -2.35. The van der Waals surface area contributed by atoms with Gasteiger partial charge in [0.1, 0.15) is 5.82 Å². The van der Waals surface area contributed by atoms with Gasteiger partial charge in [-0.15, -0.1) is 0 Å². The van der Waals surface area contributed by atoms with Crippen molar-refractivity contribution >= 4 is 5.82 Å². The fourth-order valence-electron chi connectivity index (χ4n) is 4.01. The van der Waals surface area contributed by atoms with Gasteiger partial charge < -0.3 is 10.2 Å². The average molecular weight is 284 g/mol. The van der Waals surface area contributed by atoms with Gasteiger partial charge >= 0.3 is 0 Å². The highest BCUT2D eigenvalue weighted by Gasteiger charge is 2.48. The van der Waals surface area contributed by atoms with Crippen molar-refractivity contribution in [3.8, 4) is 0 Å². The molecule has 2 heterocycles. The first-order chi connectivity index (χ1) is 10.1. The largest absolute Gasteiger partial charge is 0.364 e. The van der Waals surface area contributed by atoms with Crippen molar-refractivity contribution in [2.75, 3.05) is 5.32 Å². The minimum atomic E-state index is 0.406. The van der Waals surface area contributed by atoms with Gasteiger partial charge in [0.05, 0.1) is 12.2 Å². The first kappa shape index (κ1) is 14.1. The Morgan fingerprint density at radius 1 is 1.38 bits per heavy atom. The number of allylic oxidation sites excluding steroid dienone is 2. The van der Waals surface area contributed by atoms with E-state index in [1.165, 1.54) is 24.1 Å². The maximum absolute atomic E-state index is 4.36. The molecule has 3 unspecified atom stereocenters. The molecule has 3 rings (SSSR count). The van der Waals surface area contributed by atoms with Crippen LogP contribution >= 0.6 is 0 Å². The molecule has 2 aliphatic rings. The molecule has 1 aliphatic heterocycles. The van der Waals surface area contributed by atoms with Crippen LogP contribution in [0.5, 0.6) is 0 Å². The van der Waals surface area contributed by atoms with Gasteiger partial charge in [-0.3, -0.25) is 4.98 Å². The average Bonchev–Trinajstić information content (AvgIpc) is 2.97. The number of nitrogens with one attached hydrogen (secondary N) is 1. The van der Waals surface area contributed by atoms with Gasteiger partial charge in [-0.2, -0.15) is 0 Å². The summed E-state index contributed by atoms with van der Waals surface area (Å²) in [6.07, 6.45) is 9.86. The molecule has 1 N–H and O–H groups in total. The molecule has 112 valence electrons. The molecule has 1 saturated heterocycles. The Morgan fingerprint density at radius 3 is 2.81 bits per heavy atom. The summed E-state index contributed by atoms with van der Waals surface area (Å²) >= 11 is 0. The molecule has 1 saturated carbocycles. The minimum absolute atomic E-state index is 0.406. The van der Waals surface area contributed by atoms with E-state index < -0.39 is 0 Å². The molecule has 0 aromatic carbocycles. The van der Waals surface area contributed by atoms with Crippen molar-refractivity contribution in [3.63, 3.8) is 0 Å². The van der Waals surface area contributed by atoms with Crippen molar-refractivity contribution in [3.05, 3.63) is 42.5 Å². The summed E-state index contributed by atoms with van der Waals surface area (Å²) in [5.41, 5.74) is 2.63. The quantitative estimate of drug-likeness (QED) is 0.925. The zero-order chi connectivity index (χ0) is 15.0. The summed E-state index contributed by atoms with van der Waals surface area (Å²) in [5, 5.41) is 3.58. The fourth-order valence-corrected chi connectivity index (χ4v) is 4.01. The second-order valence-corrected chi connectivity index (χ2v) is 6.21. The van der Waals surface area contributed by atoms with E-state index in [2.05, 4.69) is 53.6 Å². The normalized spacial score (nSPS) is 30.3. The second kappa shape index (κ2) is 5.51. The SMILES string of the molecule is C=C1/C(=C\C)C2CCC(Nc3cnccn3)C2N1C(C)C. The van der Waals surface area contributed by atoms with E-state index in [9.17, 15) is 0 Å². The van der Waals surface area contributed by atoms with E-state index >= 15 is 0 Å². The Kier molecular flexibility index (Phi) is 3.70. The van der Waals surface area contributed by atoms with Crippen LogP contribution in [0.25, 0.3) is 0 Å². The van der Waals surface area contributed by atoms with Gasteiger partial charge in [0, 0.05) is 36.1 Å². The van der Waals surface area contributed by atoms with Gasteiger partial charge in [0.2, 0.25) is 0 Å². The monoisotopic (exact) mass is 284 g/mol. The van der Waals surface area contributed by atoms with Crippen LogP contribution in [0.4, 0.5) is 5.82 Å². The predicted molar refractivity (Wildman–Crippen MR) is 85.8 cm³/mol. The molecule has 1 aromatic rings. The van der Waals surface area contributed by atoms with Crippen LogP contribution in [0.3, 0.4) is 0 Å². The Bertz CT molecular complexity index is 549. The number of likely N-dealkylation sites (tertiary alicyclic amines) is 1. The molecule has 0 spiro atoms. The Balaban J connectivity index is 1.87. The predicted octanol–water partition coefficient (Wildman–Crippen LogP) is 3.22. The van der Waals surface area contributed by atoms with Gasteiger partial charge in [-0.05, 0) is 39.2 Å². The smallest absolute Gasteiger partial charge is 0.144 e. The van der Waals surface area contributed by atoms with Crippen molar-refractivity contribution in [2.24, 2.45) is 5.92 Å². The molecule has 0 amide bonds. The number of anilines is 1. The topological polar surface area (TPSA) is 41.1 Å². The van der Waals surface area contributed by atoms with Crippen LogP contribution < -0.4 is 5.32 Å². The molecule has 1 aliphatic carbocycles. The third-order valence-electron chi connectivity index (χ3n) is 4.74. The van der Waals surface area contributed by atoms with Crippen LogP contribution in [0.2, 0.25) is 0 Å². The first-order valence-electron chi connectivity index (χ1n) is 7.80. The third-order valence-corrected chi connectivity index (χ3v) is 4.74. The molecule has 0 bridgehead atoms. The minimum Gasteiger partial charge on any atom is -0.364 e. The lowest BCUT2D eigenvalue weighted by atomic mass is 9.96. The van der Waals surface area contributed by atoms with Gasteiger partial charge in [-0.25, -0.2) is 4.98 Å². The number of hydrogen-bond donors (Lipinski definition) is 1. The molecule has 3 atom stereocenters. The third kappa shape index (κ3) is 2.33. The highest BCUT2D eigenvalue weighted by atomic mass is 15.3. The van der Waals surface area contributed by atoms with Crippen LogP contribution in [0.15, 0.2) is 42.5 Å². The van der Waals surface area contributed by atoms with Gasteiger partial charge in [0.15, 0.2) is 0 Å². The summed E-state index contributed by atoms with van der Waals surface area (Å²) in [6, 6.07) is 1.35. The van der Waals surface area contributed by atoms with Crippen LogP contribution in [0.1, 0.15) is 33.6 Å². The van der Waals surface area contributed by atoms with Crippen molar-refractivity contribution in [1.29, 1.82) is 0 Å². The summed E-state index contributed by atoms with van der Waals surface area (Å²) in [6.45, 7) is 11.0. The summed E-state index contributed by atoms with van der Waals surface area (Å²) < 4.78 is 0. The summed E-state index contributed by atoms with van der Waals surface area (Å²) in [7, 11) is 0. The Labute approximate surface area is 127 Å². The Morgan fingerprint density at radius 2 is 2.19 bits per heavy atom. The van der Waals surface area contributed by atoms with Crippen molar-refractivity contribution < 1.29 is 0 Å². The van der Waals surface area contributed by atoms with E-state index in [1.54, 1.807) is 18.6 Å². The zero-order valence-electron chi connectivity index (χ0n) is 13.1. The number of aromatic nitrogens is 2. The van der Waals surface area contributed by atoms with E-state index in [0.717, 1.165) is 5.82 Å². The van der Waals surface area contributed by atoms with E-state index in [0.29, 0.717) is 24.0 Å². The Hall–Kier alpha value is -1.84. The molecular formula is C17H24N4. The van der Waals surface area contributed by atoms with Crippen LogP contribution in [0, 0.1) is 5.92 Å². The molecule has 1 aromatic heterocycles. The number of fused-ring (bicyclic) bond motifs is 1. The van der Waals surface area contributed by atoms with E-state index in [-0.39, 0.29) is 0 Å². The van der Waals surface area contributed by atoms with Crippen LogP contribution in [-0.4, -0.2) is 33.0 Å². The highest BCUT2D eigenvalue weighted by Crippen LogP contribution is 2.47. The van der Waals surface area contributed by atoms with Gasteiger partial charge in [0.25, 0.3) is 0 Å². The zero-order valence-corrected chi connectivity index (χ0v) is 13.1. The fraction of sp³-hybridized carbons (Fsp3) is 0.529. The van der Waals surface area contributed by atoms with Gasteiger partial charge in [-0.1, -0.05) is 12.7 Å². The van der Waals surface area contributed by atoms with Crippen LogP contribution in [-0.2, 0) is 0 Å². The lowest BCUT2D eigenvalue weighted by Crippen LogP contribution is -2.44. The maximum atomic E-state index is 4.36. The molecule has 4 heteroatoms. The number of nitrogens with zero attached hydrogens (tertiary/aromatic N) is 3. The van der Waals surface area contributed by atoms with E-state index in [1.807, 2.05) is 0 Å². The maximum Gasteiger partial charge on any atom is 0.144 e. The second-order valence-electron chi connectivity index (χ2n) is 6.21. The number of rotatable bonds is 3. The lowest BCUT2D eigenvalue weighted by molar-refractivity contribution is 0.217. The molecule has 21 heavy (non-hydrogen) atoms. The molecule has 2 fully saturated rings. The molecule has 0 radical (unpaired) electrons. The van der Waals surface area contributed by atoms with E-state index in [4.69, 9.17) is 0 Å². The summed E-state index contributed by atoms with van der Waals surface area (Å²) in [4.78, 5) is 11.0. The standard InChI is InChI=1S/C17H24N4/c1-5-13-12(4)21(11(2)3)17-14(13)6-7-15(17)20-16-10-18-8-9-19-16/h5,8-11,14-15,17H,4,6-7H2,1-3H3,(H,19,20)/b13-5+. The summed E-state index contributed by atoms with van der Waals surface area (Å²) in [5.74, 6) is 1.46. The molecule has 4 nitrogen and oxygen atoms in total. The first-order valence-corrected chi connectivity index (χ1v) is 7.80. The van der Waals surface area contributed by atoms with Crippen molar-refractivity contribution in [1.82, 2.24) is 14.9 Å².